The summed E-state index contributed by atoms with van der Waals surface area (Å²) in [6, 6.07) is 0.394. The summed E-state index contributed by atoms with van der Waals surface area (Å²) < 4.78 is 0. The van der Waals surface area contributed by atoms with E-state index >= 15 is 0 Å². The Hall–Kier alpha value is 0.360. The summed E-state index contributed by atoms with van der Waals surface area (Å²) in [5.74, 6) is 0. The van der Waals surface area contributed by atoms with Crippen LogP contribution in [0.3, 0.4) is 0 Å². The molecule has 0 amide bonds. The maximum atomic E-state index is 9.04. The van der Waals surface area contributed by atoms with Gasteiger partial charge in [-0.25, -0.2) is 0 Å². The van der Waals surface area contributed by atoms with Crippen LogP contribution in [0, 0.1) is 0 Å². The second-order valence-corrected chi connectivity index (χ2v) is 4.70. The lowest BCUT2D eigenvalue weighted by Gasteiger charge is -2.37. The van der Waals surface area contributed by atoms with Crippen molar-refractivity contribution in [2.45, 2.75) is 30.1 Å². The summed E-state index contributed by atoms with van der Waals surface area (Å²) in [6.45, 7) is 2.16. The predicted octanol–water partition coefficient (Wildman–Crippen LogP) is 0.589. The number of hydrogen-bond acceptors (Lipinski definition) is 3. The van der Waals surface area contributed by atoms with Gasteiger partial charge in [-0.3, -0.25) is 4.90 Å². The molecule has 3 nitrogen and oxygen atoms in total. The summed E-state index contributed by atoms with van der Waals surface area (Å²) in [7, 11) is 0. The van der Waals surface area contributed by atoms with Crippen LogP contribution in [0.5, 0.6) is 0 Å². The van der Waals surface area contributed by atoms with Crippen LogP contribution in [0.25, 0.3) is 0 Å². The molecule has 0 aromatic rings. The third-order valence-electron chi connectivity index (χ3n) is 2.64. The SMILES string of the molecule is OCCN1CCCCC1C(Br)CO. The van der Waals surface area contributed by atoms with Crippen molar-refractivity contribution in [2.75, 3.05) is 26.3 Å². The number of hydrogen-bond donors (Lipinski definition) is 2. The van der Waals surface area contributed by atoms with Crippen LogP contribution in [0.2, 0.25) is 0 Å². The van der Waals surface area contributed by atoms with Crippen molar-refractivity contribution >= 4 is 15.9 Å². The second kappa shape index (κ2) is 5.96. The molecule has 0 saturated carbocycles. The highest BCUT2D eigenvalue weighted by Gasteiger charge is 2.27. The van der Waals surface area contributed by atoms with Crippen LogP contribution >= 0.6 is 15.9 Å². The van der Waals surface area contributed by atoms with Crippen molar-refractivity contribution in [3.05, 3.63) is 0 Å². The Kier molecular flexibility index (Phi) is 5.24. The van der Waals surface area contributed by atoms with Crippen LogP contribution in [-0.4, -0.2) is 52.3 Å². The van der Waals surface area contributed by atoms with Gasteiger partial charge in [0.15, 0.2) is 0 Å². The van der Waals surface area contributed by atoms with E-state index in [9.17, 15) is 0 Å². The van der Waals surface area contributed by atoms with Crippen molar-refractivity contribution in [2.24, 2.45) is 0 Å². The Morgan fingerprint density at radius 2 is 2.15 bits per heavy atom. The van der Waals surface area contributed by atoms with Crippen molar-refractivity contribution in [3.8, 4) is 0 Å². The second-order valence-electron chi connectivity index (χ2n) is 3.52. The molecule has 1 saturated heterocycles. The fourth-order valence-electron chi connectivity index (χ4n) is 1.95. The van der Waals surface area contributed by atoms with E-state index in [0.717, 1.165) is 19.5 Å². The molecule has 1 heterocycles. The van der Waals surface area contributed by atoms with E-state index in [0.29, 0.717) is 6.04 Å². The quantitative estimate of drug-likeness (QED) is 0.720. The molecular formula is C9H18BrNO2. The summed E-state index contributed by atoms with van der Waals surface area (Å²) in [4.78, 5) is 2.42. The lowest BCUT2D eigenvalue weighted by atomic mass is 10.00. The van der Waals surface area contributed by atoms with Crippen molar-refractivity contribution in [1.29, 1.82) is 0 Å². The Labute approximate surface area is 87.9 Å². The van der Waals surface area contributed by atoms with E-state index < -0.39 is 0 Å². The minimum absolute atomic E-state index is 0.152. The Bertz CT molecular complexity index is 144. The summed E-state index contributed by atoms with van der Waals surface area (Å²) >= 11 is 3.48. The molecule has 1 aliphatic heterocycles. The molecule has 0 aromatic carbocycles. The first-order valence-corrected chi connectivity index (χ1v) is 5.81. The fraction of sp³-hybridized carbons (Fsp3) is 1.00. The molecule has 1 rings (SSSR count). The van der Waals surface area contributed by atoms with Crippen LogP contribution in [-0.2, 0) is 0 Å². The normalized spacial score (nSPS) is 27.5. The molecule has 1 fully saturated rings. The Morgan fingerprint density at radius 3 is 2.77 bits per heavy atom. The van der Waals surface area contributed by atoms with Crippen LogP contribution < -0.4 is 0 Å². The first-order chi connectivity index (χ1) is 6.29. The van der Waals surface area contributed by atoms with E-state index in [1.54, 1.807) is 0 Å². The number of nitrogens with zero attached hydrogens (tertiary/aromatic N) is 1. The first-order valence-electron chi connectivity index (χ1n) is 4.89. The van der Waals surface area contributed by atoms with Gasteiger partial charge >= 0.3 is 0 Å². The zero-order valence-corrected chi connectivity index (χ0v) is 9.41. The topological polar surface area (TPSA) is 43.7 Å². The lowest BCUT2D eigenvalue weighted by molar-refractivity contribution is 0.103. The van der Waals surface area contributed by atoms with Gasteiger partial charge in [-0.2, -0.15) is 0 Å². The number of halogens is 1. The number of β-amino-alcohol motifs (C(OH)–C–C–N with tert-alkyl or cyclic N) is 1. The number of aliphatic hydroxyl groups is 2. The average molecular weight is 252 g/mol. The van der Waals surface area contributed by atoms with Crippen LogP contribution in [0.1, 0.15) is 19.3 Å². The Morgan fingerprint density at radius 1 is 1.38 bits per heavy atom. The molecule has 2 N–H and O–H groups in total. The van der Waals surface area contributed by atoms with E-state index in [2.05, 4.69) is 20.8 Å². The third kappa shape index (κ3) is 3.20. The molecule has 1 aliphatic rings. The van der Waals surface area contributed by atoms with Gasteiger partial charge in [-0.15, -0.1) is 0 Å². The average Bonchev–Trinajstić information content (AvgIpc) is 2.18. The van der Waals surface area contributed by atoms with Crippen LogP contribution in [0.4, 0.5) is 0 Å². The molecule has 2 unspecified atom stereocenters. The van der Waals surface area contributed by atoms with Crippen molar-refractivity contribution in [1.82, 2.24) is 4.90 Å². The van der Waals surface area contributed by atoms with E-state index in [-0.39, 0.29) is 18.0 Å². The molecule has 0 bridgehead atoms. The van der Waals surface area contributed by atoms with Gasteiger partial charge in [-0.05, 0) is 19.4 Å². The van der Waals surface area contributed by atoms with E-state index in [1.807, 2.05) is 0 Å². The lowest BCUT2D eigenvalue weighted by Crippen LogP contribution is -2.46. The molecule has 0 aliphatic carbocycles. The van der Waals surface area contributed by atoms with Gasteiger partial charge in [-0.1, -0.05) is 22.4 Å². The predicted molar refractivity (Wildman–Crippen MR) is 56.1 cm³/mol. The summed E-state index contributed by atoms with van der Waals surface area (Å²) in [6.07, 6.45) is 3.56. The molecular weight excluding hydrogens is 234 g/mol. The number of aliphatic hydroxyl groups excluding tert-OH is 2. The molecule has 4 heteroatoms. The van der Waals surface area contributed by atoms with Crippen LogP contribution in [0.15, 0.2) is 0 Å². The van der Waals surface area contributed by atoms with E-state index in [1.165, 1.54) is 12.8 Å². The van der Waals surface area contributed by atoms with E-state index in [4.69, 9.17) is 10.2 Å². The largest absolute Gasteiger partial charge is 0.395 e. The molecule has 78 valence electrons. The van der Waals surface area contributed by atoms with Crippen molar-refractivity contribution < 1.29 is 10.2 Å². The monoisotopic (exact) mass is 251 g/mol. The first kappa shape index (κ1) is 11.4. The highest BCUT2D eigenvalue weighted by atomic mass is 79.9. The third-order valence-corrected chi connectivity index (χ3v) is 3.54. The smallest absolute Gasteiger partial charge is 0.0571 e. The van der Waals surface area contributed by atoms with Gasteiger partial charge in [0.2, 0.25) is 0 Å². The van der Waals surface area contributed by atoms with Gasteiger partial charge in [0, 0.05) is 12.6 Å². The number of likely N-dealkylation sites (tertiary alicyclic amines) is 1. The zero-order valence-electron chi connectivity index (χ0n) is 7.82. The maximum Gasteiger partial charge on any atom is 0.0571 e. The number of alkyl halides is 1. The standard InChI is InChI=1S/C9H18BrNO2/c10-8(7-13)9-3-1-2-4-11(9)5-6-12/h8-9,12-13H,1-7H2. The molecule has 0 aromatic heterocycles. The van der Waals surface area contributed by atoms with Crippen molar-refractivity contribution in [3.63, 3.8) is 0 Å². The zero-order chi connectivity index (χ0) is 9.68. The maximum absolute atomic E-state index is 9.04. The molecule has 13 heavy (non-hydrogen) atoms. The highest BCUT2D eigenvalue weighted by molar-refractivity contribution is 9.09. The van der Waals surface area contributed by atoms with Gasteiger partial charge in [0.05, 0.1) is 18.0 Å². The molecule has 2 atom stereocenters. The Balaban J connectivity index is 2.45. The summed E-state index contributed by atoms with van der Waals surface area (Å²) in [5.41, 5.74) is 0. The number of rotatable bonds is 4. The number of piperidine rings is 1. The highest BCUT2D eigenvalue weighted by Crippen LogP contribution is 2.23. The minimum atomic E-state index is 0.152. The van der Waals surface area contributed by atoms with Gasteiger partial charge in [0.25, 0.3) is 0 Å². The molecule has 0 spiro atoms. The fourth-order valence-corrected chi connectivity index (χ4v) is 2.55. The van der Waals surface area contributed by atoms with Gasteiger partial charge < -0.3 is 10.2 Å². The molecule has 0 radical (unpaired) electrons. The van der Waals surface area contributed by atoms with Gasteiger partial charge in [0.1, 0.15) is 0 Å². The summed E-state index contributed by atoms with van der Waals surface area (Å²) in [5, 5.41) is 17.9. The minimum Gasteiger partial charge on any atom is -0.395 e.